The Morgan fingerprint density at radius 1 is 1.35 bits per heavy atom. The summed E-state index contributed by atoms with van der Waals surface area (Å²) in [7, 11) is 1.63. The Bertz CT molecular complexity index is 533. The van der Waals surface area contributed by atoms with Crippen LogP contribution in [0.15, 0.2) is 41.0 Å². The van der Waals surface area contributed by atoms with Gasteiger partial charge in [0, 0.05) is 11.4 Å². The van der Waals surface area contributed by atoms with Crippen LogP contribution in [0, 0.1) is 0 Å². The Morgan fingerprint density at radius 3 is 2.75 bits per heavy atom. The molecule has 2 rings (SSSR count). The predicted octanol–water partition coefficient (Wildman–Crippen LogP) is 2.51. The summed E-state index contributed by atoms with van der Waals surface area (Å²) in [6.07, 6.45) is 4.70. The van der Waals surface area contributed by atoms with Crippen molar-refractivity contribution in [1.29, 1.82) is 0 Å². The highest BCUT2D eigenvalue weighted by atomic mass is 16.5. The maximum Gasteiger partial charge on any atom is 0.322 e. The minimum atomic E-state index is -0.856. The molecule has 0 aromatic heterocycles. The first-order chi connectivity index (χ1) is 9.67. The molecule has 5 heteroatoms. The Labute approximate surface area is 118 Å². The van der Waals surface area contributed by atoms with Crippen molar-refractivity contribution in [3.8, 4) is 5.75 Å². The number of aliphatic imine (C=N–C) groups is 1. The predicted molar refractivity (Wildman–Crippen MR) is 77.7 cm³/mol. The molecule has 0 radical (unpaired) electrons. The van der Waals surface area contributed by atoms with E-state index in [1.165, 1.54) is 0 Å². The van der Waals surface area contributed by atoms with Gasteiger partial charge in [-0.3, -0.25) is 9.79 Å². The molecule has 0 saturated heterocycles. The second kappa shape index (κ2) is 6.75. The molecule has 0 amide bonds. The second-order valence-electron chi connectivity index (χ2n) is 4.57. The molecular formula is C15H18N2O3. The number of carbonyl (C=O) groups is 1. The fourth-order valence-corrected chi connectivity index (χ4v) is 2.04. The molecule has 0 unspecified atom stereocenters. The van der Waals surface area contributed by atoms with Crippen LogP contribution in [0.5, 0.6) is 5.75 Å². The lowest BCUT2D eigenvalue weighted by atomic mass is 10.0. The molecule has 0 atom stereocenters. The van der Waals surface area contributed by atoms with E-state index in [9.17, 15) is 4.79 Å². The number of rotatable bonds is 5. The van der Waals surface area contributed by atoms with Crippen LogP contribution in [0.2, 0.25) is 0 Å². The van der Waals surface area contributed by atoms with Crippen LogP contribution < -0.4 is 10.1 Å². The number of allylic oxidation sites excluding steroid dienone is 2. The minimum absolute atomic E-state index is 0.0539. The van der Waals surface area contributed by atoms with E-state index in [0.717, 1.165) is 42.1 Å². The Morgan fingerprint density at radius 2 is 2.10 bits per heavy atom. The van der Waals surface area contributed by atoms with Crippen molar-refractivity contribution in [2.45, 2.75) is 19.3 Å². The van der Waals surface area contributed by atoms with E-state index >= 15 is 0 Å². The number of hydrogen-bond acceptors (Lipinski definition) is 4. The zero-order valence-electron chi connectivity index (χ0n) is 11.4. The standard InChI is InChI=1S/C15H18N2O3/c1-20-14-7-5-11(6-8-14)17-13-4-2-3-12(9-13)16-10-15(18)19/h5-9,16H,2-4,10H2,1H3,(H,18,19)/b17-13-. The molecule has 1 aromatic carbocycles. The van der Waals surface area contributed by atoms with Crippen molar-refractivity contribution in [2.24, 2.45) is 4.99 Å². The van der Waals surface area contributed by atoms with Crippen molar-refractivity contribution < 1.29 is 14.6 Å². The quantitative estimate of drug-likeness (QED) is 0.865. The molecule has 20 heavy (non-hydrogen) atoms. The average molecular weight is 274 g/mol. The van der Waals surface area contributed by atoms with Crippen LogP contribution in [0.4, 0.5) is 5.69 Å². The maximum absolute atomic E-state index is 10.5. The number of nitrogens with one attached hydrogen (secondary N) is 1. The second-order valence-corrected chi connectivity index (χ2v) is 4.57. The van der Waals surface area contributed by atoms with Crippen LogP contribution in [0.25, 0.3) is 0 Å². The first-order valence-electron chi connectivity index (χ1n) is 6.55. The largest absolute Gasteiger partial charge is 0.497 e. The van der Waals surface area contributed by atoms with Crippen molar-refractivity contribution >= 4 is 17.4 Å². The number of carboxylic acid groups (broad SMARTS) is 1. The molecule has 0 bridgehead atoms. The van der Waals surface area contributed by atoms with E-state index in [0.29, 0.717) is 0 Å². The van der Waals surface area contributed by atoms with Gasteiger partial charge >= 0.3 is 5.97 Å². The summed E-state index contributed by atoms with van der Waals surface area (Å²) in [6, 6.07) is 7.54. The van der Waals surface area contributed by atoms with Gasteiger partial charge in [0.1, 0.15) is 12.3 Å². The summed E-state index contributed by atoms with van der Waals surface area (Å²) >= 11 is 0. The van der Waals surface area contributed by atoms with Gasteiger partial charge < -0.3 is 15.2 Å². The topological polar surface area (TPSA) is 70.9 Å². The van der Waals surface area contributed by atoms with Gasteiger partial charge in [-0.15, -0.1) is 0 Å². The molecule has 0 spiro atoms. The van der Waals surface area contributed by atoms with Crippen molar-refractivity contribution in [3.63, 3.8) is 0 Å². The SMILES string of the molecule is COc1ccc(/N=C2\C=C(NCC(=O)O)CCC2)cc1. The van der Waals surface area contributed by atoms with Gasteiger partial charge in [-0.25, -0.2) is 0 Å². The van der Waals surface area contributed by atoms with Gasteiger partial charge in [0.25, 0.3) is 0 Å². The monoisotopic (exact) mass is 274 g/mol. The van der Waals surface area contributed by atoms with E-state index in [-0.39, 0.29) is 6.54 Å². The van der Waals surface area contributed by atoms with Gasteiger partial charge in [-0.2, -0.15) is 0 Å². The third-order valence-corrected chi connectivity index (χ3v) is 3.03. The zero-order chi connectivity index (χ0) is 14.4. The highest BCUT2D eigenvalue weighted by Gasteiger charge is 2.09. The number of benzene rings is 1. The highest BCUT2D eigenvalue weighted by molar-refractivity contribution is 5.98. The number of carboxylic acids is 1. The van der Waals surface area contributed by atoms with Crippen LogP contribution in [0.3, 0.4) is 0 Å². The third kappa shape index (κ3) is 4.12. The molecule has 1 aromatic rings. The minimum Gasteiger partial charge on any atom is -0.497 e. The average Bonchev–Trinajstić information content (AvgIpc) is 2.46. The molecule has 5 nitrogen and oxygen atoms in total. The molecule has 106 valence electrons. The number of hydrogen-bond donors (Lipinski definition) is 2. The lowest BCUT2D eigenvalue weighted by molar-refractivity contribution is -0.135. The number of aliphatic carboxylic acids is 1. The summed E-state index contributed by atoms with van der Waals surface area (Å²) in [5.41, 5.74) is 2.77. The van der Waals surface area contributed by atoms with Crippen LogP contribution in [0.1, 0.15) is 19.3 Å². The highest BCUT2D eigenvalue weighted by Crippen LogP contribution is 2.21. The molecule has 0 heterocycles. The van der Waals surface area contributed by atoms with E-state index in [1.807, 2.05) is 30.3 Å². The van der Waals surface area contributed by atoms with Crippen molar-refractivity contribution in [1.82, 2.24) is 5.32 Å². The maximum atomic E-state index is 10.5. The van der Waals surface area contributed by atoms with Gasteiger partial charge in [0.05, 0.1) is 12.8 Å². The normalized spacial score (nSPS) is 16.6. The Hall–Kier alpha value is -2.30. The Balaban J connectivity index is 2.07. The summed E-state index contributed by atoms with van der Waals surface area (Å²) in [5, 5.41) is 11.6. The van der Waals surface area contributed by atoms with E-state index < -0.39 is 5.97 Å². The summed E-state index contributed by atoms with van der Waals surface area (Å²) in [4.78, 5) is 15.1. The van der Waals surface area contributed by atoms with Crippen LogP contribution in [-0.4, -0.2) is 30.4 Å². The smallest absolute Gasteiger partial charge is 0.322 e. The van der Waals surface area contributed by atoms with Crippen molar-refractivity contribution in [2.75, 3.05) is 13.7 Å². The molecule has 0 aliphatic heterocycles. The molecule has 2 N–H and O–H groups in total. The lowest BCUT2D eigenvalue weighted by Gasteiger charge is -2.15. The first-order valence-corrected chi connectivity index (χ1v) is 6.55. The molecule has 1 aliphatic rings. The Kier molecular flexibility index (Phi) is 4.76. The summed E-state index contributed by atoms with van der Waals surface area (Å²) in [6.45, 7) is -0.0539. The molecular weight excluding hydrogens is 256 g/mol. The summed E-state index contributed by atoms with van der Waals surface area (Å²) < 4.78 is 5.10. The van der Waals surface area contributed by atoms with Gasteiger partial charge in [-0.05, 0) is 49.6 Å². The zero-order valence-corrected chi connectivity index (χ0v) is 11.4. The fourth-order valence-electron chi connectivity index (χ4n) is 2.04. The molecule has 1 aliphatic carbocycles. The van der Waals surface area contributed by atoms with Gasteiger partial charge in [-0.1, -0.05) is 0 Å². The lowest BCUT2D eigenvalue weighted by Crippen LogP contribution is -2.24. The van der Waals surface area contributed by atoms with Crippen LogP contribution >= 0.6 is 0 Å². The first kappa shape index (κ1) is 14.1. The number of methoxy groups -OCH3 is 1. The molecule has 0 saturated carbocycles. The van der Waals surface area contributed by atoms with Crippen molar-refractivity contribution in [3.05, 3.63) is 36.0 Å². The van der Waals surface area contributed by atoms with E-state index in [2.05, 4.69) is 10.3 Å². The van der Waals surface area contributed by atoms with E-state index in [4.69, 9.17) is 9.84 Å². The number of nitrogens with zero attached hydrogens (tertiary/aromatic N) is 1. The third-order valence-electron chi connectivity index (χ3n) is 3.03. The van der Waals surface area contributed by atoms with E-state index in [1.54, 1.807) is 7.11 Å². The molecule has 0 fully saturated rings. The van der Waals surface area contributed by atoms with Gasteiger partial charge in [0.2, 0.25) is 0 Å². The summed E-state index contributed by atoms with van der Waals surface area (Å²) in [5.74, 6) is -0.0536. The van der Waals surface area contributed by atoms with Crippen LogP contribution in [-0.2, 0) is 4.79 Å². The van der Waals surface area contributed by atoms with Gasteiger partial charge in [0.15, 0.2) is 0 Å². The number of ether oxygens (including phenoxy) is 1. The fraction of sp³-hybridized carbons (Fsp3) is 0.333.